The number of carbonyl (C=O) groups is 1. The Kier molecular flexibility index (Phi) is 3.64. The molecular weight excluding hydrogens is 269 g/mol. The van der Waals surface area contributed by atoms with Gasteiger partial charge < -0.3 is 4.90 Å². The molecule has 5 heteroatoms. The molecule has 4 nitrogen and oxygen atoms in total. The van der Waals surface area contributed by atoms with Crippen molar-refractivity contribution in [1.82, 2.24) is 9.97 Å². The van der Waals surface area contributed by atoms with Crippen molar-refractivity contribution in [2.75, 3.05) is 11.4 Å². The molecule has 2 atom stereocenters. The molecule has 2 aromatic rings. The van der Waals surface area contributed by atoms with Crippen LogP contribution < -0.4 is 4.90 Å². The van der Waals surface area contributed by atoms with Crippen LogP contribution in [0.5, 0.6) is 0 Å². The minimum atomic E-state index is -0.213. The molecule has 0 spiro atoms. The SMILES string of the molecule is CC1CC(c2ccc(F)cc2)CN1c1ncc(C=O)cn1. The summed E-state index contributed by atoms with van der Waals surface area (Å²) in [6.45, 7) is 2.92. The molecule has 0 bridgehead atoms. The number of halogens is 1. The van der Waals surface area contributed by atoms with Gasteiger partial charge >= 0.3 is 0 Å². The van der Waals surface area contributed by atoms with E-state index in [1.165, 1.54) is 24.5 Å². The number of rotatable bonds is 3. The van der Waals surface area contributed by atoms with Crippen molar-refractivity contribution in [2.45, 2.75) is 25.3 Å². The lowest BCUT2D eigenvalue weighted by Gasteiger charge is -2.21. The zero-order valence-corrected chi connectivity index (χ0v) is 11.7. The summed E-state index contributed by atoms with van der Waals surface area (Å²) in [4.78, 5) is 21.3. The number of hydrogen-bond donors (Lipinski definition) is 0. The van der Waals surface area contributed by atoms with Gasteiger partial charge in [0.1, 0.15) is 5.82 Å². The first-order valence-corrected chi connectivity index (χ1v) is 6.96. The summed E-state index contributed by atoms with van der Waals surface area (Å²) >= 11 is 0. The fraction of sp³-hybridized carbons (Fsp3) is 0.312. The predicted molar refractivity (Wildman–Crippen MR) is 78.0 cm³/mol. The van der Waals surface area contributed by atoms with Crippen LogP contribution in [0.15, 0.2) is 36.7 Å². The number of carbonyl (C=O) groups excluding carboxylic acids is 1. The topological polar surface area (TPSA) is 46.1 Å². The van der Waals surface area contributed by atoms with Gasteiger partial charge in [0.15, 0.2) is 6.29 Å². The van der Waals surface area contributed by atoms with Crippen LogP contribution in [0, 0.1) is 5.82 Å². The summed E-state index contributed by atoms with van der Waals surface area (Å²) in [6, 6.07) is 6.98. The van der Waals surface area contributed by atoms with Crippen molar-refractivity contribution >= 4 is 12.2 Å². The Morgan fingerprint density at radius 2 is 1.90 bits per heavy atom. The molecule has 0 aliphatic carbocycles. The highest BCUT2D eigenvalue weighted by atomic mass is 19.1. The van der Waals surface area contributed by atoms with Gasteiger partial charge in [-0.25, -0.2) is 14.4 Å². The zero-order valence-electron chi connectivity index (χ0n) is 11.7. The highest BCUT2D eigenvalue weighted by Crippen LogP contribution is 2.33. The van der Waals surface area contributed by atoms with Crippen LogP contribution in [-0.4, -0.2) is 28.8 Å². The number of hydrogen-bond acceptors (Lipinski definition) is 4. The van der Waals surface area contributed by atoms with E-state index in [1.807, 2.05) is 12.1 Å². The fourth-order valence-electron chi connectivity index (χ4n) is 2.83. The normalized spacial score (nSPS) is 21.5. The quantitative estimate of drug-likeness (QED) is 0.814. The van der Waals surface area contributed by atoms with E-state index in [-0.39, 0.29) is 5.82 Å². The number of aldehydes is 1. The lowest BCUT2D eigenvalue weighted by molar-refractivity contribution is 0.112. The van der Waals surface area contributed by atoms with Gasteiger partial charge in [0.2, 0.25) is 5.95 Å². The maximum Gasteiger partial charge on any atom is 0.225 e. The van der Waals surface area contributed by atoms with E-state index >= 15 is 0 Å². The second-order valence-corrected chi connectivity index (χ2v) is 5.42. The Labute approximate surface area is 122 Å². The molecule has 1 aromatic carbocycles. The number of benzene rings is 1. The average Bonchev–Trinajstić information content (AvgIpc) is 2.90. The molecule has 2 unspecified atom stereocenters. The Morgan fingerprint density at radius 3 is 2.52 bits per heavy atom. The van der Waals surface area contributed by atoms with Gasteiger partial charge in [-0.3, -0.25) is 4.79 Å². The highest BCUT2D eigenvalue weighted by molar-refractivity contribution is 5.73. The monoisotopic (exact) mass is 285 g/mol. The van der Waals surface area contributed by atoms with Gasteiger partial charge in [-0.1, -0.05) is 12.1 Å². The van der Waals surface area contributed by atoms with Gasteiger partial charge in [0.25, 0.3) is 0 Å². The standard InChI is InChI=1S/C16H16FN3O/c1-11-6-14(13-2-4-15(17)5-3-13)9-20(11)16-18-7-12(10-21)8-19-16/h2-5,7-8,10-11,14H,6,9H2,1H3. The smallest absolute Gasteiger partial charge is 0.225 e. The summed E-state index contributed by atoms with van der Waals surface area (Å²) in [7, 11) is 0. The molecule has 3 rings (SSSR count). The van der Waals surface area contributed by atoms with E-state index in [9.17, 15) is 9.18 Å². The van der Waals surface area contributed by atoms with E-state index in [4.69, 9.17) is 0 Å². The number of aromatic nitrogens is 2. The van der Waals surface area contributed by atoms with Crippen LogP contribution in [0.4, 0.5) is 10.3 Å². The third-order valence-electron chi connectivity index (χ3n) is 3.97. The zero-order chi connectivity index (χ0) is 14.8. The molecule has 108 valence electrons. The molecule has 1 aromatic heterocycles. The van der Waals surface area contributed by atoms with Crippen LogP contribution in [-0.2, 0) is 0 Å². The first kappa shape index (κ1) is 13.7. The number of nitrogens with zero attached hydrogens (tertiary/aromatic N) is 3. The van der Waals surface area contributed by atoms with E-state index in [0.29, 0.717) is 23.5 Å². The van der Waals surface area contributed by atoms with Gasteiger partial charge in [-0.2, -0.15) is 0 Å². The van der Waals surface area contributed by atoms with Crippen molar-refractivity contribution in [3.05, 3.63) is 53.6 Å². The van der Waals surface area contributed by atoms with Crippen LogP contribution in [0.25, 0.3) is 0 Å². The molecule has 0 amide bonds. The molecule has 0 radical (unpaired) electrons. The van der Waals surface area contributed by atoms with Gasteiger partial charge in [0.05, 0.1) is 5.56 Å². The maximum atomic E-state index is 13.0. The van der Waals surface area contributed by atoms with Crippen LogP contribution in [0.3, 0.4) is 0 Å². The summed E-state index contributed by atoms with van der Waals surface area (Å²) in [6.07, 6.45) is 4.78. The minimum Gasteiger partial charge on any atom is -0.337 e. The van der Waals surface area contributed by atoms with Crippen molar-refractivity contribution in [3.8, 4) is 0 Å². The van der Waals surface area contributed by atoms with E-state index in [0.717, 1.165) is 24.8 Å². The fourth-order valence-corrected chi connectivity index (χ4v) is 2.83. The molecule has 2 heterocycles. The van der Waals surface area contributed by atoms with Crippen molar-refractivity contribution < 1.29 is 9.18 Å². The van der Waals surface area contributed by atoms with Crippen LogP contribution >= 0.6 is 0 Å². The second-order valence-electron chi connectivity index (χ2n) is 5.42. The third-order valence-corrected chi connectivity index (χ3v) is 3.97. The molecule has 21 heavy (non-hydrogen) atoms. The largest absolute Gasteiger partial charge is 0.337 e. The predicted octanol–water partition coefficient (Wildman–Crippen LogP) is 2.81. The Hall–Kier alpha value is -2.30. The Bertz CT molecular complexity index is 627. The van der Waals surface area contributed by atoms with E-state index in [2.05, 4.69) is 21.8 Å². The van der Waals surface area contributed by atoms with Crippen LogP contribution in [0.1, 0.15) is 35.2 Å². The summed E-state index contributed by atoms with van der Waals surface area (Å²) in [5.41, 5.74) is 1.61. The maximum absolute atomic E-state index is 13.0. The summed E-state index contributed by atoms with van der Waals surface area (Å²) < 4.78 is 13.0. The first-order chi connectivity index (χ1) is 10.2. The van der Waals surface area contributed by atoms with Crippen LogP contribution in [0.2, 0.25) is 0 Å². The molecule has 0 saturated carbocycles. The Balaban J connectivity index is 1.78. The third kappa shape index (κ3) is 2.77. The molecule has 1 fully saturated rings. The average molecular weight is 285 g/mol. The summed E-state index contributed by atoms with van der Waals surface area (Å²) in [5, 5.41) is 0. The van der Waals surface area contributed by atoms with Crippen molar-refractivity contribution in [3.63, 3.8) is 0 Å². The molecule has 1 saturated heterocycles. The van der Waals surface area contributed by atoms with Gasteiger partial charge in [-0.15, -0.1) is 0 Å². The number of anilines is 1. The summed E-state index contributed by atoms with van der Waals surface area (Å²) in [5.74, 6) is 0.766. The minimum absolute atomic E-state index is 0.213. The highest BCUT2D eigenvalue weighted by Gasteiger charge is 2.31. The molecular formula is C16H16FN3O. The lowest BCUT2D eigenvalue weighted by atomic mass is 9.97. The van der Waals surface area contributed by atoms with Gasteiger partial charge in [0, 0.05) is 30.9 Å². The van der Waals surface area contributed by atoms with Crippen molar-refractivity contribution in [1.29, 1.82) is 0 Å². The van der Waals surface area contributed by atoms with E-state index in [1.54, 1.807) is 0 Å². The van der Waals surface area contributed by atoms with Gasteiger partial charge in [-0.05, 0) is 31.0 Å². The lowest BCUT2D eigenvalue weighted by Crippen LogP contribution is -2.28. The molecule has 0 N–H and O–H groups in total. The first-order valence-electron chi connectivity index (χ1n) is 6.96. The van der Waals surface area contributed by atoms with Crippen molar-refractivity contribution in [2.24, 2.45) is 0 Å². The molecule has 1 aliphatic rings. The van der Waals surface area contributed by atoms with E-state index < -0.39 is 0 Å². The Morgan fingerprint density at radius 1 is 1.24 bits per heavy atom. The second kappa shape index (κ2) is 5.60. The molecule has 1 aliphatic heterocycles.